The molecule has 0 aliphatic carbocycles. The van der Waals surface area contributed by atoms with Crippen molar-refractivity contribution in [1.29, 1.82) is 0 Å². The molecule has 0 saturated heterocycles. The average molecular weight is 311 g/mol. The number of furan rings is 1. The van der Waals surface area contributed by atoms with Gasteiger partial charge in [-0.15, -0.1) is 0 Å². The van der Waals surface area contributed by atoms with Crippen LogP contribution in [-0.4, -0.2) is 13.1 Å². The van der Waals surface area contributed by atoms with Gasteiger partial charge in [-0.3, -0.25) is 0 Å². The number of benzene rings is 1. The SMILES string of the molecule is CC(C)CC[C@H](CCNCC=Cc1ccccc1)c1ccco1. The molecule has 0 spiro atoms. The summed E-state index contributed by atoms with van der Waals surface area (Å²) in [6, 6.07) is 14.5. The lowest BCUT2D eigenvalue weighted by Crippen LogP contribution is -2.17. The summed E-state index contributed by atoms with van der Waals surface area (Å²) in [5, 5.41) is 3.51. The molecule has 2 nitrogen and oxygen atoms in total. The van der Waals surface area contributed by atoms with Crippen LogP contribution in [0.4, 0.5) is 0 Å². The largest absolute Gasteiger partial charge is 0.469 e. The van der Waals surface area contributed by atoms with Gasteiger partial charge in [-0.05, 0) is 43.0 Å². The fourth-order valence-corrected chi connectivity index (χ4v) is 2.71. The summed E-state index contributed by atoms with van der Waals surface area (Å²) in [6.45, 7) is 6.49. The highest BCUT2D eigenvalue weighted by Gasteiger charge is 2.14. The first kappa shape index (κ1) is 17.6. The second kappa shape index (κ2) is 10.1. The van der Waals surface area contributed by atoms with E-state index >= 15 is 0 Å². The van der Waals surface area contributed by atoms with Crippen molar-refractivity contribution < 1.29 is 4.42 Å². The van der Waals surface area contributed by atoms with Gasteiger partial charge in [0.1, 0.15) is 5.76 Å². The molecule has 0 fully saturated rings. The van der Waals surface area contributed by atoms with Crippen molar-refractivity contribution in [3.8, 4) is 0 Å². The van der Waals surface area contributed by atoms with Gasteiger partial charge >= 0.3 is 0 Å². The van der Waals surface area contributed by atoms with E-state index in [2.05, 4.69) is 61.6 Å². The van der Waals surface area contributed by atoms with Crippen LogP contribution < -0.4 is 5.32 Å². The molecule has 124 valence electrons. The zero-order valence-electron chi connectivity index (χ0n) is 14.4. The van der Waals surface area contributed by atoms with Gasteiger partial charge in [0.25, 0.3) is 0 Å². The molecule has 1 aromatic heterocycles. The van der Waals surface area contributed by atoms with Gasteiger partial charge < -0.3 is 9.73 Å². The zero-order valence-corrected chi connectivity index (χ0v) is 14.4. The van der Waals surface area contributed by atoms with Crippen LogP contribution in [0.5, 0.6) is 0 Å². The molecule has 0 amide bonds. The summed E-state index contributed by atoms with van der Waals surface area (Å²) < 4.78 is 5.62. The van der Waals surface area contributed by atoms with E-state index in [1.54, 1.807) is 6.26 Å². The molecule has 0 unspecified atom stereocenters. The maximum absolute atomic E-state index is 5.62. The lowest BCUT2D eigenvalue weighted by Gasteiger charge is -2.16. The number of hydrogen-bond acceptors (Lipinski definition) is 2. The van der Waals surface area contributed by atoms with Crippen molar-refractivity contribution >= 4 is 6.08 Å². The van der Waals surface area contributed by atoms with Gasteiger partial charge in [0.15, 0.2) is 0 Å². The van der Waals surface area contributed by atoms with Crippen LogP contribution in [0.2, 0.25) is 0 Å². The Labute approximate surface area is 140 Å². The quantitative estimate of drug-likeness (QED) is 0.587. The summed E-state index contributed by atoms with van der Waals surface area (Å²) in [4.78, 5) is 0. The highest BCUT2D eigenvalue weighted by Crippen LogP contribution is 2.26. The van der Waals surface area contributed by atoms with E-state index in [1.165, 1.54) is 18.4 Å². The molecule has 23 heavy (non-hydrogen) atoms. The lowest BCUT2D eigenvalue weighted by molar-refractivity contribution is 0.399. The van der Waals surface area contributed by atoms with Crippen molar-refractivity contribution in [3.63, 3.8) is 0 Å². The van der Waals surface area contributed by atoms with Crippen LogP contribution in [-0.2, 0) is 0 Å². The fourth-order valence-electron chi connectivity index (χ4n) is 2.71. The zero-order chi connectivity index (χ0) is 16.3. The summed E-state index contributed by atoms with van der Waals surface area (Å²) in [6.07, 6.45) is 9.71. The van der Waals surface area contributed by atoms with Crippen molar-refractivity contribution in [2.24, 2.45) is 5.92 Å². The molecule has 0 bridgehead atoms. The van der Waals surface area contributed by atoms with Gasteiger partial charge in [-0.1, -0.05) is 62.8 Å². The lowest BCUT2D eigenvalue weighted by atomic mass is 9.93. The summed E-state index contributed by atoms with van der Waals surface area (Å²) >= 11 is 0. The van der Waals surface area contributed by atoms with Crippen LogP contribution >= 0.6 is 0 Å². The highest BCUT2D eigenvalue weighted by atomic mass is 16.3. The minimum absolute atomic E-state index is 0.526. The van der Waals surface area contributed by atoms with E-state index in [0.29, 0.717) is 5.92 Å². The van der Waals surface area contributed by atoms with Gasteiger partial charge in [0.2, 0.25) is 0 Å². The Morgan fingerprint density at radius 3 is 2.52 bits per heavy atom. The second-order valence-electron chi connectivity index (χ2n) is 6.49. The van der Waals surface area contributed by atoms with Crippen molar-refractivity contribution in [1.82, 2.24) is 5.32 Å². The van der Waals surface area contributed by atoms with Crippen molar-refractivity contribution in [2.45, 2.75) is 39.0 Å². The standard InChI is InChI=1S/C21H29NO/c1-18(2)12-13-20(21-11-7-17-23-21)14-16-22-15-6-10-19-8-4-3-5-9-19/h3-11,17-18,20,22H,12-16H2,1-2H3/t20-/m1/s1. The molecular weight excluding hydrogens is 282 g/mol. The Morgan fingerprint density at radius 1 is 1.00 bits per heavy atom. The predicted molar refractivity (Wildman–Crippen MR) is 98.5 cm³/mol. The van der Waals surface area contributed by atoms with E-state index in [9.17, 15) is 0 Å². The van der Waals surface area contributed by atoms with Crippen LogP contribution in [0.25, 0.3) is 6.08 Å². The van der Waals surface area contributed by atoms with E-state index in [4.69, 9.17) is 4.42 Å². The maximum Gasteiger partial charge on any atom is 0.106 e. The molecule has 1 aromatic carbocycles. The van der Waals surface area contributed by atoms with Crippen molar-refractivity contribution in [3.05, 3.63) is 66.1 Å². The third-order valence-electron chi connectivity index (χ3n) is 4.08. The summed E-state index contributed by atoms with van der Waals surface area (Å²) in [7, 11) is 0. The molecule has 0 aliphatic rings. The number of rotatable bonds is 10. The molecule has 1 atom stereocenters. The van der Waals surface area contributed by atoms with Gasteiger partial charge in [-0.2, -0.15) is 0 Å². The molecular formula is C21H29NO. The first-order chi connectivity index (χ1) is 11.3. The van der Waals surface area contributed by atoms with Crippen molar-refractivity contribution in [2.75, 3.05) is 13.1 Å². The summed E-state index contributed by atoms with van der Waals surface area (Å²) in [5.41, 5.74) is 1.25. The smallest absolute Gasteiger partial charge is 0.106 e. The summed E-state index contributed by atoms with van der Waals surface area (Å²) in [5.74, 6) is 2.40. The van der Waals surface area contributed by atoms with E-state index in [0.717, 1.165) is 31.2 Å². The van der Waals surface area contributed by atoms with E-state index < -0.39 is 0 Å². The Bertz CT molecular complexity index is 542. The molecule has 0 radical (unpaired) electrons. The first-order valence-corrected chi connectivity index (χ1v) is 8.71. The van der Waals surface area contributed by atoms with Crippen LogP contribution in [0.3, 0.4) is 0 Å². The van der Waals surface area contributed by atoms with Crippen LogP contribution in [0.15, 0.2) is 59.2 Å². The minimum Gasteiger partial charge on any atom is -0.469 e. The topological polar surface area (TPSA) is 25.2 Å². The monoisotopic (exact) mass is 311 g/mol. The Kier molecular flexibility index (Phi) is 7.68. The minimum atomic E-state index is 0.526. The number of hydrogen-bond donors (Lipinski definition) is 1. The molecule has 2 heteroatoms. The first-order valence-electron chi connectivity index (χ1n) is 8.71. The molecule has 1 N–H and O–H groups in total. The van der Waals surface area contributed by atoms with Crippen LogP contribution in [0.1, 0.15) is 50.4 Å². The molecule has 2 rings (SSSR count). The Balaban J connectivity index is 1.70. The highest BCUT2D eigenvalue weighted by molar-refractivity contribution is 5.48. The average Bonchev–Trinajstić information content (AvgIpc) is 3.08. The molecule has 2 aromatic rings. The van der Waals surface area contributed by atoms with Gasteiger partial charge in [-0.25, -0.2) is 0 Å². The second-order valence-corrected chi connectivity index (χ2v) is 6.49. The van der Waals surface area contributed by atoms with Gasteiger partial charge in [0, 0.05) is 12.5 Å². The molecule has 1 heterocycles. The Hall–Kier alpha value is -1.80. The van der Waals surface area contributed by atoms with Gasteiger partial charge in [0.05, 0.1) is 6.26 Å². The molecule has 0 saturated carbocycles. The fraction of sp³-hybridized carbons (Fsp3) is 0.429. The maximum atomic E-state index is 5.62. The Morgan fingerprint density at radius 2 is 1.83 bits per heavy atom. The van der Waals surface area contributed by atoms with E-state index in [1.807, 2.05) is 12.1 Å². The number of nitrogens with one attached hydrogen (secondary N) is 1. The molecule has 0 aliphatic heterocycles. The van der Waals surface area contributed by atoms with Crippen LogP contribution in [0, 0.1) is 5.92 Å². The predicted octanol–water partition coefficient (Wildman–Crippen LogP) is 5.49. The van der Waals surface area contributed by atoms with E-state index in [-0.39, 0.29) is 0 Å². The third kappa shape index (κ3) is 6.87. The normalized spacial score (nSPS) is 13.0. The third-order valence-corrected chi connectivity index (χ3v) is 4.08.